The summed E-state index contributed by atoms with van der Waals surface area (Å²) < 4.78 is 107. The third-order valence-corrected chi connectivity index (χ3v) is 20.1. The summed E-state index contributed by atoms with van der Waals surface area (Å²) in [6, 6.07) is 19.4. The fraction of sp³-hybridized carbons (Fsp3) is 0.640. The molecule has 0 saturated heterocycles. The van der Waals surface area contributed by atoms with Gasteiger partial charge in [0.1, 0.15) is 16.4 Å². The Labute approximate surface area is 379 Å². The number of hydrogen-bond acceptors (Lipinski definition) is 8. The predicted molar refractivity (Wildman–Crippen MR) is 241 cm³/mol. The van der Waals surface area contributed by atoms with Gasteiger partial charge in [0.15, 0.2) is 0 Å². The summed E-state index contributed by atoms with van der Waals surface area (Å²) in [7, 11) is -12.4. The smallest absolute Gasteiger partial charge is 0.298 e. The summed E-state index contributed by atoms with van der Waals surface area (Å²) in [6.07, 6.45) is 23.9. The van der Waals surface area contributed by atoms with Gasteiger partial charge in [0, 0.05) is 10.8 Å². The van der Waals surface area contributed by atoms with Gasteiger partial charge < -0.3 is 9.47 Å². The topological polar surface area (TPSA) is 182 Å². The molecule has 3 N–H and O–H groups in total. The van der Waals surface area contributed by atoms with Gasteiger partial charge in [0.25, 0.3) is 30.4 Å². The highest BCUT2D eigenvalue weighted by Crippen LogP contribution is 2.62. The molecule has 64 heavy (non-hydrogen) atoms. The molecule has 0 aromatic heterocycles. The van der Waals surface area contributed by atoms with E-state index in [4.69, 9.17) is 18.6 Å². The lowest BCUT2D eigenvalue weighted by molar-refractivity contribution is -0.0749. The SMILES string of the molecule is O=S(=O)(O)c1ccc(C23CC4CC(CC(C4)C2)C3)cc1.O=S(=O)(O)c1ccc(OCC23CC4CC(CC(C4)C2)C3)cc1.O=S(=O)(O)c1ccccc1OCC12CC3CC(CC(C3)C1)C2. The lowest BCUT2D eigenvalue weighted by Crippen LogP contribution is -2.48. The van der Waals surface area contributed by atoms with E-state index in [9.17, 15) is 29.8 Å². The standard InChI is InChI=1S/2C17H22O4S.C16H20O3S/c18-22(19,20)16-3-1-15(2-4-16)21-11-17-8-12-5-13(9-17)7-14(6-12)10-17;18-22(19,20)16-4-2-1-3-15(16)21-11-17-8-12-5-13(9-17)7-14(6-12)10-17;17-20(18,19)15-3-1-14(2-4-15)16-8-11-5-12(9-16)7-13(6-11)10-16/h2*1-4,12-14H,5-11H2,(H,18,19,20);1-4,11-13H,5-10H2,(H,17,18,19). The molecular weight excluding hydrogens is 873 g/mol. The maximum atomic E-state index is 11.5. The quantitative estimate of drug-likeness (QED) is 0.165. The van der Waals surface area contributed by atoms with Crippen LogP contribution in [0.15, 0.2) is 87.5 Å². The second-order valence-electron chi connectivity index (χ2n) is 22.5. The van der Waals surface area contributed by atoms with Crippen molar-refractivity contribution in [2.45, 2.75) is 136 Å². The molecule has 0 amide bonds. The molecule has 12 aliphatic carbocycles. The van der Waals surface area contributed by atoms with Crippen molar-refractivity contribution >= 4 is 30.4 Å². The van der Waals surface area contributed by atoms with Crippen LogP contribution in [0.4, 0.5) is 0 Å². The van der Waals surface area contributed by atoms with E-state index in [0.29, 0.717) is 17.8 Å². The minimum absolute atomic E-state index is 0.00554. The second kappa shape index (κ2) is 16.6. The van der Waals surface area contributed by atoms with E-state index in [1.807, 2.05) is 12.1 Å². The minimum Gasteiger partial charge on any atom is -0.493 e. The Morgan fingerprint density at radius 1 is 0.422 bits per heavy atom. The van der Waals surface area contributed by atoms with Gasteiger partial charge in [0.05, 0.1) is 23.0 Å². The highest BCUT2D eigenvalue weighted by atomic mass is 32.2. The zero-order valence-electron chi connectivity index (χ0n) is 36.6. The van der Waals surface area contributed by atoms with Crippen LogP contribution in [-0.4, -0.2) is 52.1 Å². The van der Waals surface area contributed by atoms with Crippen molar-refractivity contribution in [3.8, 4) is 11.5 Å². The molecular formula is C50H64O11S3. The summed E-state index contributed by atoms with van der Waals surface area (Å²) in [6.45, 7) is 1.31. The van der Waals surface area contributed by atoms with E-state index in [0.717, 1.165) is 59.9 Å². The first-order valence-corrected chi connectivity index (χ1v) is 28.1. The van der Waals surface area contributed by atoms with Gasteiger partial charge in [-0.2, -0.15) is 25.3 Å². The third-order valence-electron chi connectivity index (χ3n) is 17.5. The van der Waals surface area contributed by atoms with E-state index in [2.05, 4.69) is 0 Å². The van der Waals surface area contributed by atoms with Crippen molar-refractivity contribution in [3.05, 3.63) is 78.4 Å². The molecule has 0 aliphatic heterocycles. The van der Waals surface area contributed by atoms with Crippen LogP contribution in [0.25, 0.3) is 0 Å². The minimum atomic E-state index is -4.24. The average molecular weight is 937 g/mol. The summed E-state index contributed by atoms with van der Waals surface area (Å²) >= 11 is 0. The van der Waals surface area contributed by atoms with Gasteiger partial charge in [-0.05, 0) is 228 Å². The summed E-state index contributed by atoms with van der Waals surface area (Å²) in [5, 5.41) is 0. The van der Waals surface area contributed by atoms with Gasteiger partial charge in [-0.1, -0.05) is 24.3 Å². The molecule has 0 radical (unpaired) electrons. The molecule has 0 atom stereocenters. The Hall–Kier alpha value is -3.01. The van der Waals surface area contributed by atoms with Crippen LogP contribution >= 0.6 is 0 Å². The van der Waals surface area contributed by atoms with Crippen LogP contribution in [0.1, 0.15) is 121 Å². The molecule has 348 valence electrons. The Kier molecular flexibility index (Phi) is 11.7. The average Bonchev–Trinajstić information content (AvgIpc) is 3.21. The third kappa shape index (κ3) is 9.44. The number of benzene rings is 3. The van der Waals surface area contributed by atoms with Crippen molar-refractivity contribution in [3.63, 3.8) is 0 Å². The maximum Gasteiger partial charge on any atom is 0.298 e. The lowest BCUT2D eigenvalue weighted by Gasteiger charge is -2.57. The van der Waals surface area contributed by atoms with E-state index in [1.54, 1.807) is 42.5 Å². The molecule has 12 saturated carbocycles. The molecule has 12 bridgehead atoms. The van der Waals surface area contributed by atoms with Gasteiger partial charge in [0.2, 0.25) is 0 Å². The molecule has 0 spiro atoms. The molecule has 0 heterocycles. The van der Waals surface area contributed by atoms with Crippen LogP contribution in [0.3, 0.4) is 0 Å². The first-order chi connectivity index (χ1) is 30.3. The highest BCUT2D eigenvalue weighted by molar-refractivity contribution is 7.86. The fourth-order valence-electron chi connectivity index (χ4n) is 16.3. The van der Waals surface area contributed by atoms with Crippen molar-refractivity contribution in [1.82, 2.24) is 0 Å². The summed E-state index contributed by atoms with van der Waals surface area (Å²) in [5.41, 5.74) is 2.13. The highest BCUT2D eigenvalue weighted by Gasteiger charge is 2.53. The normalized spacial score (nSPS) is 37.3. The Bertz CT molecular complexity index is 2430. The largest absolute Gasteiger partial charge is 0.493 e. The molecule has 0 unspecified atom stereocenters. The fourth-order valence-corrected chi connectivity index (χ4v) is 17.9. The van der Waals surface area contributed by atoms with Crippen LogP contribution in [0.5, 0.6) is 11.5 Å². The first-order valence-electron chi connectivity index (χ1n) is 23.8. The molecule has 15 rings (SSSR count). The molecule has 14 heteroatoms. The van der Waals surface area contributed by atoms with Gasteiger partial charge in [-0.25, -0.2) is 0 Å². The second-order valence-corrected chi connectivity index (χ2v) is 26.7. The Morgan fingerprint density at radius 3 is 1.14 bits per heavy atom. The summed E-state index contributed by atoms with van der Waals surface area (Å²) in [5.74, 6) is 8.81. The van der Waals surface area contributed by atoms with Crippen LogP contribution < -0.4 is 9.47 Å². The molecule has 12 aliphatic rings. The maximum absolute atomic E-state index is 11.5. The summed E-state index contributed by atoms with van der Waals surface area (Å²) in [4.78, 5) is -0.208. The first kappa shape index (κ1) is 44.8. The number of para-hydroxylation sites is 1. The number of rotatable bonds is 10. The predicted octanol–water partition coefficient (Wildman–Crippen LogP) is 10.5. The zero-order chi connectivity index (χ0) is 44.7. The van der Waals surface area contributed by atoms with Crippen molar-refractivity contribution in [2.24, 2.45) is 64.1 Å². The van der Waals surface area contributed by atoms with Crippen LogP contribution in [0, 0.1) is 64.1 Å². The zero-order valence-corrected chi connectivity index (χ0v) is 39.0. The van der Waals surface area contributed by atoms with Crippen molar-refractivity contribution in [1.29, 1.82) is 0 Å². The molecule has 3 aromatic carbocycles. The number of ether oxygens (including phenoxy) is 2. The van der Waals surface area contributed by atoms with Crippen LogP contribution in [0.2, 0.25) is 0 Å². The van der Waals surface area contributed by atoms with E-state index in [1.165, 1.54) is 139 Å². The number of hydrogen-bond donors (Lipinski definition) is 3. The molecule has 3 aromatic rings. The van der Waals surface area contributed by atoms with E-state index in [-0.39, 0.29) is 31.3 Å². The van der Waals surface area contributed by atoms with Crippen molar-refractivity contribution < 1.29 is 48.4 Å². The van der Waals surface area contributed by atoms with Crippen molar-refractivity contribution in [2.75, 3.05) is 13.2 Å². The van der Waals surface area contributed by atoms with E-state index >= 15 is 0 Å². The van der Waals surface area contributed by atoms with E-state index < -0.39 is 30.4 Å². The molecule has 11 nitrogen and oxygen atoms in total. The van der Waals surface area contributed by atoms with Crippen LogP contribution in [-0.2, 0) is 35.8 Å². The monoisotopic (exact) mass is 936 g/mol. The van der Waals surface area contributed by atoms with Gasteiger partial charge >= 0.3 is 0 Å². The van der Waals surface area contributed by atoms with Gasteiger partial charge in [-0.3, -0.25) is 13.7 Å². The molecule has 12 fully saturated rings. The Balaban J connectivity index is 0.000000114. The Morgan fingerprint density at radius 2 is 0.766 bits per heavy atom. The lowest BCUT2D eigenvalue weighted by atomic mass is 9.48. The van der Waals surface area contributed by atoms with Gasteiger partial charge in [-0.15, -0.1) is 0 Å².